The molecular formula is C11H16FNO3S. The van der Waals surface area contributed by atoms with Crippen molar-refractivity contribution in [3.05, 3.63) is 29.6 Å². The smallest absolute Gasteiger partial charge is 0.211 e. The van der Waals surface area contributed by atoms with Crippen molar-refractivity contribution in [2.75, 3.05) is 19.4 Å². The fourth-order valence-corrected chi connectivity index (χ4v) is 2.00. The molecule has 0 heterocycles. The van der Waals surface area contributed by atoms with Gasteiger partial charge >= 0.3 is 0 Å². The lowest BCUT2D eigenvalue weighted by Crippen LogP contribution is -2.27. The average Bonchev–Trinajstić information content (AvgIpc) is 2.29. The van der Waals surface area contributed by atoms with Crippen molar-refractivity contribution in [3.63, 3.8) is 0 Å². The van der Waals surface area contributed by atoms with Gasteiger partial charge < -0.3 is 4.74 Å². The summed E-state index contributed by atoms with van der Waals surface area (Å²) in [5, 5.41) is 0. The van der Waals surface area contributed by atoms with Gasteiger partial charge in [-0.05, 0) is 37.1 Å². The first-order chi connectivity index (χ1) is 7.98. The van der Waals surface area contributed by atoms with E-state index in [0.717, 1.165) is 0 Å². The van der Waals surface area contributed by atoms with E-state index in [1.807, 2.05) is 0 Å². The summed E-state index contributed by atoms with van der Waals surface area (Å²) >= 11 is 0. The maximum Gasteiger partial charge on any atom is 0.211 e. The Balaban J connectivity index is 2.66. The number of rotatable bonds is 6. The second kappa shape index (κ2) is 5.97. The van der Waals surface area contributed by atoms with Gasteiger partial charge in [0.05, 0.1) is 12.9 Å². The fourth-order valence-electron chi connectivity index (χ4n) is 1.39. The Morgan fingerprint density at radius 2 is 2.12 bits per heavy atom. The quantitative estimate of drug-likeness (QED) is 0.840. The maximum atomic E-state index is 13.0. The highest BCUT2D eigenvalue weighted by molar-refractivity contribution is 7.89. The number of hydrogen-bond acceptors (Lipinski definition) is 3. The third-order valence-electron chi connectivity index (χ3n) is 2.34. The molecule has 1 aromatic carbocycles. The van der Waals surface area contributed by atoms with Crippen LogP contribution in [0.5, 0.6) is 5.75 Å². The standard InChI is InChI=1S/C11H16FNO3S/c1-3-17(14,15)13-7-6-9-8-10(12)4-5-11(9)16-2/h4-5,8,13H,3,6-7H2,1-2H3. The molecule has 0 aromatic heterocycles. The van der Waals surface area contributed by atoms with Gasteiger partial charge in [-0.1, -0.05) is 0 Å². The molecule has 0 aliphatic carbocycles. The van der Waals surface area contributed by atoms with Crippen molar-refractivity contribution in [2.45, 2.75) is 13.3 Å². The van der Waals surface area contributed by atoms with Gasteiger partial charge in [-0.2, -0.15) is 0 Å². The van der Waals surface area contributed by atoms with E-state index in [1.165, 1.54) is 25.3 Å². The lowest BCUT2D eigenvalue weighted by molar-refractivity contribution is 0.408. The second-order valence-electron chi connectivity index (χ2n) is 3.50. The van der Waals surface area contributed by atoms with Crippen molar-refractivity contribution in [1.29, 1.82) is 0 Å². The molecule has 0 atom stereocenters. The molecule has 4 nitrogen and oxygen atoms in total. The van der Waals surface area contributed by atoms with Gasteiger partial charge in [-0.25, -0.2) is 17.5 Å². The SMILES string of the molecule is CCS(=O)(=O)NCCc1cc(F)ccc1OC. The topological polar surface area (TPSA) is 55.4 Å². The summed E-state index contributed by atoms with van der Waals surface area (Å²) in [6.45, 7) is 1.79. The molecule has 0 aliphatic heterocycles. The first kappa shape index (κ1) is 13.9. The lowest BCUT2D eigenvalue weighted by Gasteiger charge is -2.09. The number of hydrogen-bond donors (Lipinski definition) is 1. The van der Waals surface area contributed by atoms with Gasteiger partial charge in [-0.3, -0.25) is 0 Å². The van der Waals surface area contributed by atoms with Crippen molar-refractivity contribution in [1.82, 2.24) is 4.72 Å². The highest BCUT2D eigenvalue weighted by Crippen LogP contribution is 2.19. The number of benzene rings is 1. The Labute approximate surface area is 101 Å². The minimum absolute atomic E-state index is 0.0350. The van der Waals surface area contributed by atoms with Crippen molar-refractivity contribution in [2.24, 2.45) is 0 Å². The third kappa shape index (κ3) is 4.32. The van der Waals surface area contributed by atoms with Crippen LogP contribution in [0.2, 0.25) is 0 Å². The van der Waals surface area contributed by atoms with E-state index >= 15 is 0 Å². The van der Waals surface area contributed by atoms with Crippen LogP contribution in [0.15, 0.2) is 18.2 Å². The Kier molecular flexibility index (Phi) is 4.89. The van der Waals surface area contributed by atoms with Gasteiger partial charge in [-0.15, -0.1) is 0 Å². The summed E-state index contributed by atoms with van der Waals surface area (Å²) in [5.74, 6) is 0.231. The minimum Gasteiger partial charge on any atom is -0.496 e. The number of nitrogens with one attached hydrogen (secondary N) is 1. The summed E-state index contributed by atoms with van der Waals surface area (Å²) in [6, 6.07) is 4.18. The van der Waals surface area contributed by atoms with Crippen LogP contribution in [-0.4, -0.2) is 27.8 Å². The van der Waals surface area contributed by atoms with Gasteiger partial charge in [0.1, 0.15) is 11.6 Å². The molecule has 0 unspecified atom stereocenters. The van der Waals surface area contributed by atoms with E-state index in [9.17, 15) is 12.8 Å². The molecule has 0 saturated carbocycles. The average molecular weight is 261 g/mol. The lowest BCUT2D eigenvalue weighted by atomic mass is 10.1. The van der Waals surface area contributed by atoms with E-state index in [-0.39, 0.29) is 18.1 Å². The van der Waals surface area contributed by atoms with Gasteiger partial charge in [0.25, 0.3) is 0 Å². The minimum atomic E-state index is -3.20. The van der Waals surface area contributed by atoms with Crippen LogP contribution < -0.4 is 9.46 Å². The van der Waals surface area contributed by atoms with Gasteiger partial charge in [0, 0.05) is 6.54 Å². The molecule has 6 heteroatoms. The first-order valence-corrected chi connectivity index (χ1v) is 6.93. The molecular weight excluding hydrogens is 245 g/mol. The van der Waals surface area contributed by atoms with Crippen LogP contribution in [0, 0.1) is 5.82 Å². The normalized spacial score (nSPS) is 11.5. The number of sulfonamides is 1. The molecule has 1 rings (SSSR count). The highest BCUT2D eigenvalue weighted by atomic mass is 32.2. The molecule has 0 saturated heterocycles. The molecule has 0 amide bonds. The maximum absolute atomic E-state index is 13.0. The molecule has 96 valence electrons. The van der Waals surface area contributed by atoms with Crippen molar-refractivity contribution in [3.8, 4) is 5.75 Å². The third-order valence-corrected chi connectivity index (χ3v) is 3.74. The molecule has 0 spiro atoms. The van der Waals surface area contributed by atoms with Crippen LogP contribution >= 0.6 is 0 Å². The van der Waals surface area contributed by atoms with Gasteiger partial charge in [0.15, 0.2) is 0 Å². The Morgan fingerprint density at radius 3 is 2.71 bits per heavy atom. The van der Waals surface area contributed by atoms with E-state index in [2.05, 4.69) is 4.72 Å². The summed E-state index contributed by atoms with van der Waals surface area (Å²) in [5.41, 5.74) is 0.645. The Hall–Kier alpha value is -1.14. The molecule has 0 fully saturated rings. The van der Waals surface area contributed by atoms with Crippen molar-refractivity contribution >= 4 is 10.0 Å². The number of methoxy groups -OCH3 is 1. The van der Waals surface area contributed by atoms with Gasteiger partial charge in [0.2, 0.25) is 10.0 Å². The van der Waals surface area contributed by atoms with Crippen molar-refractivity contribution < 1.29 is 17.5 Å². The van der Waals surface area contributed by atoms with E-state index < -0.39 is 10.0 Å². The summed E-state index contributed by atoms with van der Waals surface area (Å²) in [7, 11) is -1.71. The molecule has 1 aromatic rings. The second-order valence-corrected chi connectivity index (χ2v) is 5.60. The Morgan fingerprint density at radius 1 is 1.41 bits per heavy atom. The zero-order valence-corrected chi connectivity index (χ0v) is 10.7. The van der Waals surface area contributed by atoms with E-state index in [0.29, 0.717) is 17.7 Å². The summed E-state index contributed by atoms with van der Waals surface area (Å²) in [4.78, 5) is 0. The summed E-state index contributed by atoms with van der Waals surface area (Å²) in [6.07, 6.45) is 0.389. The largest absolute Gasteiger partial charge is 0.496 e. The first-order valence-electron chi connectivity index (χ1n) is 5.28. The van der Waals surface area contributed by atoms with Crippen LogP contribution in [-0.2, 0) is 16.4 Å². The predicted molar refractivity (Wildman–Crippen MR) is 64.1 cm³/mol. The molecule has 0 aliphatic rings. The molecule has 0 bridgehead atoms. The molecule has 1 N–H and O–H groups in total. The van der Waals surface area contributed by atoms with Crippen LogP contribution in [0.4, 0.5) is 4.39 Å². The molecule has 0 radical (unpaired) electrons. The van der Waals surface area contributed by atoms with E-state index in [4.69, 9.17) is 4.74 Å². The number of ether oxygens (including phenoxy) is 1. The fraction of sp³-hybridized carbons (Fsp3) is 0.455. The Bertz CT molecular complexity index is 474. The van der Waals surface area contributed by atoms with Crippen LogP contribution in [0.25, 0.3) is 0 Å². The molecule has 17 heavy (non-hydrogen) atoms. The van der Waals surface area contributed by atoms with E-state index in [1.54, 1.807) is 6.92 Å². The van der Waals surface area contributed by atoms with Crippen LogP contribution in [0.3, 0.4) is 0 Å². The zero-order valence-electron chi connectivity index (χ0n) is 9.86. The zero-order chi connectivity index (χ0) is 12.9. The highest BCUT2D eigenvalue weighted by Gasteiger charge is 2.08. The van der Waals surface area contributed by atoms with Crippen LogP contribution in [0.1, 0.15) is 12.5 Å². The predicted octanol–water partition coefficient (Wildman–Crippen LogP) is 1.32. The monoisotopic (exact) mass is 261 g/mol. The summed E-state index contributed by atoms with van der Waals surface area (Å²) < 4.78 is 42.9. The number of halogens is 1.